The molecular formula is C3H11NO. The van der Waals surface area contributed by atoms with E-state index in [1.54, 1.807) is 5.48 Å². The second-order valence-electron chi connectivity index (χ2n) is 0.224. The third-order valence-electron chi connectivity index (χ3n) is 0. The Morgan fingerprint density at radius 3 is 1.40 bits per heavy atom. The molecule has 0 bridgehead atoms. The quantitative estimate of drug-likeness (QED) is 0.415. The standard InChI is InChI=1S/C2H6.CH5NO/c1-2;1-2-3/h1-2H3;2-3H,1H3. The van der Waals surface area contributed by atoms with Crippen molar-refractivity contribution in [3.05, 3.63) is 0 Å². The van der Waals surface area contributed by atoms with Crippen LogP contribution < -0.4 is 5.48 Å². The summed E-state index contributed by atoms with van der Waals surface area (Å²) >= 11 is 0. The van der Waals surface area contributed by atoms with Crippen molar-refractivity contribution < 1.29 is 5.21 Å². The molecule has 2 N–H and O–H groups in total. The highest BCUT2D eigenvalue weighted by molar-refractivity contribution is 3.65. The monoisotopic (exact) mass is 77.1 g/mol. The minimum atomic E-state index is 1.43. The summed E-state index contributed by atoms with van der Waals surface area (Å²) in [6, 6.07) is 0. The van der Waals surface area contributed by atoms with Crippen LogP contribution >= 0.6 is 0 Å². The summed E-state index contributed by atoms with van der Waals surface area (Å²) in [5.41, 5.74) is 1.75. The highest BCUT2D eigenvalue weighted by atomic mass is 16.5. The van der Waals surface area contributed by atoms with Crippen LogP contribution in [0.1, 0.15) is 13.8 Å². The maximum absolute atomic E-state index is 7.32. The molecule has 0 saturated heterocycles. The van der Waals surface area contributed by atoms with E-state index in [4.69, 9.17) is 5.21 Å². The van der Waals surface area contributed by atoms with Gasteiger partial charge in [0, 0.05) is 7.05 Å². The normalized spacial score (nSPS) is 4.80. The smallest absolute Gasteiger partial charge is 0.00929 e. The Morgan fingerprint density at radius 2 is 1.40 bits per heavy atom. The molecule has 0 radical (unpaired) electrons. The third kappa shape index (κ3) is 2260. The predicted octanol–water partition coefficient (Wildman–Crippen LogP) is 0.621. The second-order valence-corrected chi connectivity index (χ2v) is 0.224. The lowest BCUT2D eigenvalue weighted by Gasteiger charge is -1.60. The molecule has 0 aromatic heterocycles. The maximum atomic E-state index is 7.32. The van der Waals surface area contributed by atoms with E-state index < -0.39 is 0 Å². The number of hydrogen-bond acceptors (Lipinski definition) is 2. The topological polar surface area (TPSA) is 32.3 Å². The van der Waals surface area contributed by atoms with Gasteiger partial charge in [-0.1, -0.05) is 13.8 Å². The molecule has 0 aliphatic heterocycles. The van der Waals surface area contributed by atoms with Crippen molar-refractivity contribution in [3.63, 3.8) is 0 Å². The van der Waals surface area contributed by atoms with Crippen LogP contribution in [0.15, 0.2) is 0 Å². The number of hydrogen-bond donors (Lipinski definition) is 2. The fraction of sp³-hybridized carbons (Fsp3) is 1.00. The first-order chi connectivity index (χ1) is 2.41. The molecule has 0 aliphatic carbocycles. The van der Waals surface area contributed by atoms with Crippen molar-refractivity contribution in [1.29, 1.82) is 0 Å². The van der Waals surface area contributed by atoms with Gasteiger partial charge in [0.15, 0.2) is 0 Å². The number of nitrogens with one attached hydrogen (secondary N) is 1. The highest BCUT2D eigenvalue weighted by Gasteiger charge is 1.24. The fourth-order valence-corrected chi connectivity index (χ4v) is 0. The van der Waals surface area contributed by atoms with E-state index in [9.17, 15) is 0 Å². The molecule has 0 aromatic rings. The van der Waals surface area contributed by atoms with Gasteiger partial charge < -0.3 is 5.21 Å². The molecule has 5 heavy (non-hydrogen) atoms. The lowest BCUT2D eigenvalue weighted by Crippen LogP contribution is -1.91. The zero-order chi connectivity index (χ0) is 4.71. The highest BCUT2D eigenvalue weighted by Crippen LogP contribution is 1.14. The molecule has 0 saturated carbocycles. The van der Waals surface area contributed by atoms with Gasteiger partial charge in [-0.3, -0.25) is 0 Å². The van der Waals surface area contributed by atoms with E-state index in [0.717, 1.165) is 0 Å². The molecule has 0 rings (SSSR count). The first-order valence-electron chi connectivity index (χ1n) is 1.72. The first-order valence-corrected chi connectivity index (χ1v) is 1.72. The predicted molar refractivity (Wildman–Crippen MR) is 22.2 cm³/mol. The van der Waals surface area contributed by atoms with Gasteiger partial charge in [-0.15, -0.1) is 0 Å². The summed E-state index contributed by atoms with van der Waals surface area (Å²) in [4.78, 5) is 0. The van der Waals surface area contributed by atoms with Gasteiger partial charge in [0.25, 0.3) is 0 Å². The molecule has 0 spiro atoms. The minimum absolute atomic E-state index is 1.43. The Balaban J connectivity index is 0. The van der Waals surface area contributed by atoms with Crippen LogP contribution in [-0.2, 0) is 0 Å². The van der Waals surface area contributed by atoms with Crippen molar-refractivity contribution in [1.82, 2.24) is 5.48 Å². The zero-order valence-corrected chi connectivity index (χ0v) is 3.95. The Hall–Kier alpha value is -0.0800. The van der Waals surface area contributed by atoms with Crippen LogP contribution in [0.25, 0.3) is 0 Å². The van der Waals surface area contributed by atoms with Gasteiger partial charge in [-0.25, -0.2) is 5.48 Å². The van der Waals surface area contributed by atoms with Gasteiger partial charge in [0.05, 0.1) is 0 Å². The Bertz CT molecular complexity index is 6.85. The van der Waals surface area contributed by atoms with E-state index in [1.165, 1.54) is 7.05 Å². The van der Waals surface area contributed by atoms with E-state index >= 15 is 0 Å². The Labute approximate surface area is 32.8 Å². The van der Waals surface area contributed by atoms with Gasteiger partial charge >= 0.3 is 0 Å². The van der Waals surface area contributed by atoms with Gasteiger partial charge in [0.1, 0.15) is 0 Å². The van der Waals surface area contributed by atoms with Gasteiger partial charge in [-0.05, 0) is 0 Å². The molecule has 34 valence electrons. The first kappa shape index (κ1) is 8.87. The van der Waals surface area contributed by atoms with Crippen molar-refractivity contribution in [2.45, 2.75) is 13.8 Å². The summed E-state index contributed by atoms with van der Waals surface area (Å²) in [5, 5.41) is 7.32. The van der Waals surface area contributed by atoms with Crippen molar-refractivity contribution in [2.75, 3.05) is 7.05 Å². The van der Waals surface area contributed by atoms with Crippen LogP contribution in [0.3, 0.4) is 0 Å². The van der Waals surface area contributed by atoms with Crippen LogP contribution in [0, 0.1) is 0 Å². The minimum Gasteiger partial charge on any atom is -0.317 e. The maximum Gasteiger partial charge on any atom is 0.00929 e. The van der Waals surface area contributed by atoms with Crippen LogP contribution in [-0.4, -0.2) is 12.3 Å². The molecule has 0 unspecified atom stereocenters. The van der Waals surface area contributed by atoms with Crippen LogP contribution in [0.2, 0.25) is 0 Å². The Kier molecular flexibility index (Phi) is 70.0. The van der Waals surface area contributed by atoms with Crippen molar-refractivity contribution >= 4 is 0 Å². The van der Waals surface area contributed by atoms with Gasteiger partial charge in [0.2, 0.25) is 0 Å². The van der Waals surface area contributed by atoms with E-state index in [0.29, 0.717) is 0 Å². The summed E-state index contributed by atoms with van der Waals surface area (Å²) in [6.07, 6.45) is 0. The average Bonchev–Trinajstić information content (AvgIpc) is 1.46. The summed E-state index contributed by atoms with van der Waals surface area (Å²) in [6.45, 7) is 4.00. The lowest BCUT2D eigenvalue weighted by molar-refractivity contribution is 0.194. The van der Waals surface area contributed by atoms with Crippen molar-refractivity contribution in [2.24, 2.45) is 0 Å². The van der Waals surface area contributed by atoms with Crippen molar-refractivity contribution in [3.8, 4) is 0 Å². The SMILES string of the molecule is CC.CNO. The molecule has 0 fully saturated rings. The second kappa shape index (κ2) is 39.5. The molecule has 0 aromatic carbocycles. The van der Waals surface area contributed by atoms with E-state index in [-0.39, 0.29) is 0 Å². The van der Waals surface area contributed by atoms with E-state index in [2.05, 4.69) is 0 Å². The molecule has 0 aliphatic rings. The number of hydroxylamine groups is 1. The third-order valence-corrected chi connectivity index (χ3v) is 0. The van der Waals surface area contributed by atoms with Gasteiger partial charge in [-0.2, -0.15) is 0 Å². The molecule has 2 heteroatoms. The summed E-state index contributed by atoms with van der Waals surface area (Å²) in [5.74, 6) is 0. The molecule has 0 heterocycles. The zero-order valence-electron chi connectivity index (χ0n) is 3.95. The summed E-state index contributed by atoms with van der Waals surface area (Å²) in [7, 11) is 1.43. The van der Waals surface area contributed by atoms with Crippen LogP contribution in [0.4, 0.5) is 0 Å². The number of rotatable bonds is 0. The van der Waals surface area contributed by atoms with E-state index in [1.807, 2.05) is 13.8 Å². The molecule has 2 nitrogen and oxygen atoms in total. The largest absolute Gasteiger partial charge is 0.317 e. The van der Waals surface area contributed by atoms with Crippen LogP contribution in [0.5, 0.6) is 0 Å². The fourth-order valence-electron chi connectivity index (χ4n) is 0. The summed E-state index contributed by atoms with van der Waals surface area (Å²) < 4.78 is 0. The lowest BCUT2D eigenvalue weighted by atomic mass is 11.0. The average molecular weight is 77.1 g/mol. The molecular weight excluding hydrogens is 66.0 g/mol. The molecule has 0 amide bonds. The Morgan fingerprint density at radius 1 is 1.40 bits per heavy atom. The molecule has 0 atom stereocenters.